The van der Waals surface area contributed by atoms with E-state index in [1.807, 2.05) is 0 Å². The van der Waals surface area contributed by atoms with E-state index in [4.69, 9.17) is 17.3 Å². The first-order valence-electron chi connectivity index (χ1n) is 7.87. The summed E-state index contributed by atoms with van der Waals surface area (Å²) in [6.07, 6.45) is 1.82. The molecule has 0 aliphatic carbocycles. The van der Waals surface area contributed by atoms with Crippen molar-refractivity contribution in [2.45, 2.75) is 19.3 Å². The molecule has 9 heteroatoms. The highest BCUT2D eigenvalue weighted by Crippen LogP contribution is 2.32. The third kappa shape index (κ3) is 5.63. The van der Waals surface area contributed by atoms with Crippen LogP contribution in [0.25, 0.3) is 6.08 Å². The summed E-state index contributed by atoms with van der Waals surface area (Å²) in [5.74, 6) is -2.00. The average molecular weight is 396 g/mol. The maximum Gasteiger partial charge on any atom is 0.303 e. The molecule has 26 heavy (non-hydrogen) atoms. The van der Waals surface area contributed by atoms with Crippen LogP contribution in [0.2, 0.25) is 0 Å². The van der Waals surface area contributed by atoms with Gasteiger partial charge in [0.1, 0.15) is 10.1 Å². The summed E-state index contributed by atoms with van der Waals surface area (Å²) in [5, 5.41) is 11.1. The summed E-state index contributed by atoms with van der Waals surface area (Å²) in [6.45, 7) is 0.376. The van der Waals surface area contributed by atoms with Gasteiger partial charge in [0.05, 0.1) is 4.91 Å². The summed E-state index contributed by atoms with van der Waals surface area (Å²) in [4.78, 5) is 36.2. The van der Waals surface area contributed by atoms with Crippen molar-refractivity contribution >= 4 is 52.2 Å². The first-order valence-corrected chi connectivity index (χ1v) is 9.09. The van der Waals surface area contributed by atoms with Gasteiger partial charge >= 0.3 is 5.97 Å². The molecule has 0 aromatic heterocycles. The van der Waals surface area contributed by atoms with Crippen molar-refractivity contribution in [3.05, 3.63) is 40.6 Å². The highest BCUT2D eigenvalue weighted by molar-refractivity contribution is 8.26. The number of nitrogens with zero attached hydrogens (tertiary/aromatic N) is 1. The lowest BCUT2D eigenvalue weighted by Gasteiger charge is -2.14. The normalized spacial score (nSPS) is 15.6. The number of thioether (sulfide) groups is 1. The lowest BCUT2D eigenvalue weighted by molar-refractivity contribution is -0.137. The van der Waals surface area contributed by atoms with E-state index >= 15 is 0 Å². The van der Waals surface area contributed by atoms with Crippen molar-refractivity contribution in [1.82, 2.24) is 10.2 Å². The van der Waals surface area contributed by atoms with Crippen LogP contribution in [0.5, 0.6) is 0 Å². The molecular weight excluding hydrogens is 379 g/mol. The van der Waals surface area contributed by atoms with Crippen LogP contribution in [-0.4, -0.2) is 45.2 Å². The van der Waals surface area contributed by atoms with Crippen molar-refractivity contribution in [2.75, 3.05) is 13.1 Å². The number of thiocarbonyl (C=S) groups is 1. The topological polar surface area (TPSA) is 86.7 Å². The second kappa shape index (κ2) is 9.44. The summed E-state index contributed by atoms with van der Waals surface area (Å²) >= 11 is 6.23. The number of carbonyl (C=O) groups is 3. The van der Waals surface area contributed by atoms with Gasteiger partial charge in [-0.1, -0.05) is 42.2 Å². The van der Waals surface area contributed by atoms with Crippen molar-refractivity contribution in [2.24, 2.45) is 0 Å². The Kier molecular flexibility index (Phi) is 7.28. The zero-order chi connectivity index (χ0) is 19.1. The number of nitrogens with one attached hydrogen (secondary N) is 1. The molecule has 1 fully saturated rings. The minimum Gasteiger partial charge on any atom is -0.481 e. The number of carboxylic acids is 1. The third-order valence-corrected chi connectivity index (χ3v) is 4.90. The molecule has 1 aliphatic heterocycles. The third-order valence-electron chi connectivity index (χ3n) is 3.52. The molecule has 0 saturated carbocycles. The van der Waals surface area contributed by atoms with E-state index in [1.165, 1.54) is 17.0 Å². The summed E-state index contributed by atoms with van der Waals surface area (Å²) in [6, 6.07) is 6.10. The Bertz CT molecular complexity index is 767. The lowest BCUT2D eigenvalue weighted by atomic mass is 10.2. The number of hydrogen-bond acceptors (Lipinski definition) is 5. The van der Waals surface area contributed by atoms with Gasteiger partial charge in [0.25, 0.3) is 5.91 Å². The monoisotopic (exact) mass is 396 g/mol. The molecule has 1 saturated heterocycles. The molecule has 2 rings (SSSR count). The Morgan fingerprint density at radius 2 is 2.04 bits per heavy atom. The molecular formula is C17H17FN2O4S2. The molecule has 1 aromatic carbocycles. The van der Waals surface area contributed by atoms with E-state index in [-0.39, 0.29) is 37.7 Å². The summed E-state index contributed by atoms with van der Waals surface area (Å²) < 4.78 is 14.0. The van der Waals surface area contributed by atoms with Crippen molar-refractivity contribution in [3.8, 4) is 0 Å². The number of halogens is 1. The molecule has 2 amide bonds. The van der Waals surface area contributed by atoms with Crippen LogP contribution >= 0.6 is 24.0 Å². The van der Waals surface area contributed by atoms with Gasteiger partial charge in [0.15, 0.2) is 0 Å². The standard InChI is InChI=1S/C17H17FN2O4S2/c18-12-5-2-1-4-11(12)10-13-16(24)20(17(25)26-13)9-7-14(21)19-8-3-6-15(22)23/h1-2,4-5,10H,3,6-9H2,(H,19,21)(H,22,23)/b13-10-. The second-order valence-electron chi connectivity index (χ2n) is 5.45. The largest absolute Gasteiger partial charge is 0.481 e. The number of carboxylic acid groups (broad SMARTS) is 1. The zero-order valence-corrected chi connectivity index (χ0v) is 15.4. The van der Waals surface area contributed by atoms with E-state index in [0.717, 1.165) is 11.8 Å². The van der Waals surface area contributed by atoms with E-state index < -0.39 is 11.8 Å². The fraction of sp³-hybridized carbons (Fsp3) is 0.294. The quantitative estimate of drug-likeness (QED) is 0.399. The SMILES string of the molecule is O=C(O)CCCNC(=O)CCN1C(=O)/C(=C/c2ccccc2F)SC1=S. The molecule has 6 nitrogen and oxygen atoms in total. The minimum atomic E-state index is -0.918. The van der Waals surface area contributed by atoms with Gasteiger partial charge in [0, 0.05) is 31.5 Å². The fourth-order valence-corrected chi connectivity index (χ4v) is 3.49. The molecule has 0 spiro atoms. The fourth-order valence-electron chi connectivity index (χ4n) is 2.20. The van der Waals surface area contributed by atoms with E-state index in [1.54, 1.807) is 18.2 Å². The van der Waals surface area contributed by atoms with Gasteiger partial charge in [-0.2, -0.15) is 0 Å². The van der Waals surface area contributed by atoms with Crippen LogP contribution in [0.4, 0.5) is 4.39 Å². The van der Waals surface area contributed by atoms with Crippen LogP contribution in [0.1, 0.15) is 24.8 Å². The Morgan fingerprint density at radius 1 is 1.31 bits per heavy atom. The molecule has 0 bridgehead atoms. The Hall–Kier alpha value is -2.26. The Balaban J connectivity index is 1.88. The maximum absolute atomic E-state index is 13.7. The molecule has 0 unspecified atom stereocenters. The molecule has 1 aromatic rings. The number of amides is 2. The Labute approximate surface area is 159 Å². The van der Waals surface area contributed by atoms with Crippen LogP contribution in [0.3, 0.4) is 0 Å². The first-order chi connectivity index (χ1) is 12.4. The van der Waals surface area contributed by atoms with Gasteiger partial charge in [-0.05, 0) is 18.6 Å². The lowest BCUT2D eigenvalue weighted by Crippen LogP contribution is -2.33. The van der Waals surface area contributed by atoms with Gasteiger partial charge < -0.3 is 10.4 Å². The van der Waals surface area contributed by atoms with Gasteiger partial charge in [-0.25, -0.2) is 4.39 Å². The van der Waals surface area contributed by atoms with Crippen molar-refractivity contribution in [1.29, 1.82) is 0 Å². The Morgan fingerprint density at radius 3 is 2.73 bits per heavy atom. The predicted octanol–water partition coefficient (Wildman–Crippen LogP) is 2.40. The predicted molar refractivity (Wildman–Crippen MR) is 101 cm³/mol. The molecule has 0 atom stereocenters. The second-order valence-corrected chi connectivity index (χ2v) is 7.13. The maximum atomic E-state index is 13.7. The van der Waals surface area contributed by atoms with E-state index in [9.17, 15) is 18.8 Å². The van der Waals surface area contributed by atoms with Gasteiger partial charge in [-0.15, -0.1) is 0 Å². The smallest absolute Gasteiger partial charge is 0.303 e. The van der Waals surface area contributed by atoms with Crippen molar-refractivity contribution < 1.29 is 23.9 Å². The first kappa shape index (κ1) is 20.1. The van der Waals surface area contributed by atoms with Crippen LogP contribution < -0.4 is 5.32 Å². The highest BCUT2D eigenvalue weighted by Gasteiger charge is 2.32. The van der Waals surface area contributed by atoms with Crippen LogP contribution in [0.15, 0.2) is 29.2 Å². The average Bonchev–Trinajstić information content (AvgIpc) is 2.85. The molecule has 1 heterocycles. The zero-order valence-electron chi connectivity index (χ0n) is 13.7. The number of hydrogen-bond donors (Lipinski definition) is 2. The highest BCUT2D eigenvalue weighted by atomic mass is 32.2. The molecule has 2 N–H and O–H groups in total. The molecule has 1 aliphatic rings. The number of benzene rings is 1. The van der Waals surface area contributed by atoms with Crippen LogP contribution in [-0.2, 0) is 14.4 Å². The number of aliphatic carboxylic acids is 1. The number of rotatable bonds is 8. The number of carbonyl (C=O) groups excluding carboxylic acids is 2. The summed E-state index contributed by atoms with van der Waals surface area (Å²) in [5.41, 5.74) is 0.296. The van der Waals surface area contributed by atoms with Gasteiger partial charge in [-0.3, -0.25) is 19.3 Å². The van der Waals surface area contributed by atoms with Gasteiger partial charge in [0.2, 0.25) is 5.91 Å². The van der Waals surface area contributed by atoms with Crippen molar-refractivity contribution in [3.63, 3.8) is 0 Å². The minimum absolute atomic E-state index is 0.0180. The van der Waals surface area contributed by atoms with Crippen LogP contribution in [0, 0.1) is 5.82 Å². The molecule has 138 valence electrons. The van der Waals surface area contributed by atoms with E-state index in [0.29, 0.717) is 21.2 Å². The van der Waals surface area contributed by atoms with E-state index in [2.05, 4.69) is 5.32 Å². The molecule has 0 radical (unpaired) electrons. The summed E-state index contributed by atoms with van der Waals surface area (Å²) in [7, 11) is 0.